The molecule has 1 aromatic heterocycles. The van der Waals surface area contributed by atoms with Gasteiger partial charge >= 0.3 is 0 Å². The molecule has 2 N–H and O–H groups in total. The summed E-state index contributed by atoms with van der Waals surface area (Å²) in [5, 5.41) is 0. The Morgan fingerprint density at radius 2 is 2.29 bits per heavy atom. The molecule has 0 aromatic carbocycles. The molecule has 1 rings (SSSR count). The van der Waals surface area contributed by atoms with Gasteiger partial charge in [-0.25, -0.2) is 0 Å². The number of pyridine rings is 1. The summed E-state index contributed by atoms with van der Waals surface area (Å²) in [5.41, 5.74) is 6.07. The highest BCUT2D eigenvalue weighted by Gasteiger charge is 1.97. The molecule has 0 spiro atoms. The molecule has 1 heterocycles. The van der Waals surface area contributed by atoms with Crippen LogP contribution in [0.4, 0.5) is 0 Å². The van der Waals surface area contributed by atoms with E-state index in [9.17, 15) is 4.79 Å². The fourth-order valence-corrected chi connectivity index (χ4v) is 1.18. The molecule has 0 aliphatic rings. The van der Waals surface area contributed by atoms with Gasteiger partial charge in [0.15, 0.2) is 0 Å². The summed E-state index contributed by atoms with van der Waals surface area (Å²) in [6.45, 7) is 3.98. The summed E-state index contributed by atoms with van der Waals surface area (Å²) in [7, 11) is 0. The maximum absolute atomic E-state index is 11.5. The number of ether oxygens (including phenoxy) is 1. The van der Waals surface area contributed by atoms with Crippen molar-refractivity contribution in [3.05, 3.63) is 34.2 Å². The number of nitrogens with two attached hydrogens (primary N) is 1. The van der Waals surface area contributed by atoms with Gasteiger partial charge in [0, 0.05) is 24.8 Å². The molecule has 0 bridgehead atoms. The smallest absolute Gasteiger partial charge is 0.253 e. The van der Waals surface area contributed by atoms with E-state index in [1.54, 1.807) is 23.8 Å². The van der Waals surface area contributed by atoms with Gasteiger partial charge in [0.2, 0.25) is 0 Å². The standard InChI is InChI=1S/C10H16N2O2/c1-9-3-2-5-12(10(9)13)6-8-14-7-4-11/h2-3,5H,4,6-8,11H2,1H3. The molecule has 0 aliphatic carbocycles. The maximum atomic E-state index is 11.5. The van der Waals surface area contributed by atoms with E-state index >= 15 is 0 Å². The minimum atomic E-state index is 0.0452. The van der Waals surface area contributed by atoms with Crippen LogP contribution in [-0.4, -0.2) is 24.3 Å². The lowest BCUT2D eigenvalue weighted by molar-refractivity contribution is 0.132. The first-order valence-electron chi connectivity index (χ1n) is 4.69. The van der Waals surface area contributed by atoms with Crippen LogP contribution in [0.3, 0.4) is 0 Å². The maximum Gasteiger partial charge on any atom is 0.253 e. The van der Waals surface area contributed by atoms with E-state index in [0.717, 1.165) is 5.56 Å². The lowest BCUT2D eigenvalue weighted by atomic mass is 10.3. The predicted octanol–water partition coefficient (Wildman–Crippen LogP) is 0.132. The lowest BCUT2D eigenvalue weighted by Gasteiger charge is -2.06. The highest BCUT2D eigenvalue weighted by atomic mass is 16.5. The van der Waals surface area contributed by atoms with Crippen LogP contribution in [0.25, 0.3) is 0 Å². The van der Waals surface area contributed by atoms with Crippen LogP contribution in [0.5, 0.6) is 0 Å². The average Bonchev–Trinajstić information content (AvgIpc) is 2.19. The molecule has 4 heteroatoms. The van der Waals surface area contributed by atoms with Gasteiger partial charge in [-0.3, -0.25) is 4.79 Å². The number of hydrogen-bond acceptors (Lipinski definition) is 3. The van der Waals surface area contributed by atoms with Crippen LogP contribution in [0, 0.1) is 6.92 Å². The number of hydrogen-bond donors (Lipinski definition) is 1. The zero-order chi connectivity index (χ0) is 10.4. The minimum absolute atomic E-state index is 0.0452. The first-order chi connectivity index (χ1) is 6.75. The summed E-state index contributed by atoms with van der Waals surface area (Å²) in [4.78, 5) is 11.5. The Hall–Kier alpha value is -1.13. The van der Waals surface area contributed by atoms with Crippen molar-refractivity contribution in [1.29, 1.82) is 0 Å². The van der Waals surface area contributed by atoms with Crippen molar-refractivity contribution in [2.24, 2.45) is 5.73 Å². The quantitative estimate of drug-likeness (QED) is 0.681. The molecule has 0 unspecified atom stereocenters. The molecule has 0 aliphatic heterocycles. The first-order valence-corrected chi connectivity index (χ1v) is 4.69. The van der Waals surface area contributed by atoms with Crippen molar-refractivity contribution >= 4 is 0 Å². The number of aryl methyl sites for hydroxylation is 1. The number of aromatic nitrogens is 1. The lowest BCUT2D eigenvalue weighted by Crippen LogP contribution is -2.23. The van der Waals surface area contributed by atoms with E-state index in [2.05, 4.69) is 0 Å². The minimum Gasteiger partial charge on any atom is -0.378 e. The second-order valence-electron chi connectivity index (χ2n) is 3.09. The van der Waals surface area contributed by atoms with Crippen molar-refractivity contribution in [2.75, 3.05) is 19.8 Å². The molecule has 4 nitrogen and oxygen atoms in total. The average molecular weight is 196 g/mol. The van der Waals surface area contributed by atoms with E-state index in [1.165, 1.54) is 0 Å². The molecule has 0 radical (unpaired) electrons. The van der Waals surface area contributed by atoms with Crippen molar-refractivity contribution < 1.29 is 4.74 Å². The molecule has 0 fully saturated rings. The third kappa shape index (κ3) is 2.97. The Labute approximate surface area is 83.3 Å². The predicted molar refractivity (Wildman–Crippen MR) is 55.3 cm³/mol. The van der Waals surface area contributed by atoms with E-state index in [-0.39, 0.29) is 5.56 Å². The molecule has 1 aromatic rings. The zero-order valence-electron chi connectivity index (χ0n) is 8.40. The fraction of sp³-hybridized carbons (Fsp3) is 0.500. The van der Waals surface area contributed by atoms with Crippen molar-refractivity contribution in [1.82, 2.24) is 4.57 Å². The third-order valence-corrected chi connectivity index (χ3v) is 1.95. The molecule has 0 saturated heterocycles. The van der Waals surface area contributed by atoms with E-state index in [4.69, 9.17) is 10.5 Å². The van der Waals surface area contributed by atoms with Crippen LogP contribution in [0.2, 0.25) is 0 Å². The highest BCUT2D eigenvalue weighted by Crippen LogP contribution is 1.89. The normalized spacial score (nSPS) is 10.4. The molecule has 0 saturated carbocycles. The Balaban J connectivity index is 2.51. The summed E-state index contributed by atoms with van der Waals surface area (Å²) >= 11 is 0. The van der Waals surface area contributed by atoms with E-state index < -0.39 is 0 Å². The molecule has 78 valence electrons. The van der Waals surface area contributed by atoms with Crippen LogP contribution < -0.4 is 11.3 Å². The Morgan fingerprint density at radius 3 is 3.00 bits per heavy atom. The van der Waals surface area contributed by atoms with Crippen molar-refractivity contribution in [2.45, 2.75) is 13.5 Å². The fourth-order valence-electron chi connectivity index (χ4n) is 1.18. The summed E-state index contributed by atoms with van der Waals surface area (Å²) in [6.07, 6.45) is 1.77. The molecule has 14 heavy (non-hydrogen) atoms. The highest BCUT2D eigenvalue weighted by molar-refractivity contribution is 5.07. The van der Waals surface area contributed by atoms with Crippen LogP contribution in [-0.2, 0) is 11.3 Å². The number of nitrogens with zero attached hydrogens (tertiary/aromatic N) is 1. The number of rotatable bonds is 5. The van der Waals surface area contributed by atoms with Crippen LogP contribution >= 0.6 is 0 Å². The van der Waals surface area contributed by atoms with E-state index in [0.29, 0.717) is 26.3 Å². The van der Waals surface area contributed by atoms with Crippen LogP contribution in [0.15, 0.2) is 23.1 Å². The van der Waals surface area contributed by atoms with E-state index in [1.807, 2.05) is 6.07 Å². The largest absolute Gasteiger partial charge is 0.378 e. The SMILES string of the molecule is Cc1cccn(CCOCCN)c1=O. The Kier molecular flexibility index (Phi) is 4.35. The van der Waals surface area contributed by atoms with Crippen molar-refractivity contribution in [3.8, 4) is 0 Å². The third-order valence-electron chi connectivity index (χ3n) is 1.95. The molecule has 0 atom stereocenters. The van der Waals surface area contributed by atoms with Gasteiger partial charge in [0.1, 0.15) is 0 Å². The molecular formula is C10H16N2O2. The van der Waals surface area contributed by atoms with Gasteiger partial charge in [-0.2, -0.15) is 0 Å². The van der Waals surface area contributed by atoms with Gasteiger partial charge in [-0.1, -0.05) is 6.07 Å². The van der Waals surface area contributed by atoms with Crippen LogP contribution in [0.1, 0.15) is 5.56 Å². The first kappa shape index (κ1) is 10.9. The summed E-state index contributed by atoms with van der Waals surface area (Å²) < 4.78 is 6.84. The summed E-state index contributed by atoms with van der Waals surface area (Å²) in [6, 6.07) is 3.67. The second kappa shape index (κ2) is 5.57. The summed E-state index contributed by atoms with van der Waals surface area (Å²) in [5.74, 6) is 0. The Morgan fingerprint density at radius 1 is 1.50 bits per heavy atom. The Bertz CT molecular complexity index is 333. The van der Waals surface area contributed by atoms with Gasteiger partial charge in [0.05, 0.1) is 13.2 Å². The topological polar surface area (TPSA) is 57.2 Å². The van der Waals surface area contributed by atoms with Gasteiger partial charge in [-0.15, -0.1) is 0 Å². The van der Waals surface area contributed by atoms with Gasteiger partial charge in [-0.05, 0) is 13.0 Å². The monoisotopic (exact) mass is 196 g/mol. The zero-order valence-corrected chi connectivity index (χ0v) is 8.40. The molecular weight excluding hydrogens is 180 g/mol. The van der Waals surface area contributed by atoms with Gasteiger partial charge in [0.25, 0.3) is 5.56 Å². The second-order valence-corrected chi connectivity index (χ2v) is 3.09. The van der Waals surface area contributed by atoms with Gasteiger partial charge < -0.3 is 15.0 Å². The molecule has 0 amide bonds. The van der Waals surface area contributed by atoms with Crippen molar-refractivity contribution in [3.63, 3.8) is 0 Å².